The van der Waals surface area contributed by atoms with Gasteiger partial charge in [-0.2, -0.15) is 0 Å². The number of carbonyl (C=O) groups is 2. The highest BCUT2D eigenvalue weighted by Crippen LogP contribution is 2.43. The van der Waals surface area contributed by atoms with Gasteiger partial charge in [0.2, 0.25) is 5.91 Å². The molecule has 2 bridgehead atoms. The summed E-state index contributed by atoms with van der Waals surface area (Å²) in [6.07, 6.45) is 3.15. The number of benzene rings is 2. The molecule has 2 atom stereocenters. The molecule has 1 saturated heterocycles. The highest BCUT2D eigenvalue weighted by Gasteiger charge is 2.41. The maximum Gasteiger partial charge on any atom is 0.338 e. The largest absolute Gasteiger partial charge is 0.462 e. The Bertz CT molecular complexity index is 983. The van der Waals surface area contributed by atoms with E-state index in [9.17, 15) is 9.59 Å². The SMILES string of the molecule is CCOC(=O)c1cccc(C2=C(CNC(C)=O)[C@H]3CC[C@@H](C2)N3Cc2ccccc2)c1. The van der Waals surface area contributed by atoms with E-state index >= 15 is 0 Å². The van der Waals surface area contributed by atoms with Gasteiger partial charge in [-0.05, 0) is 60.6 Å². The number of fused-ring (bicyclic) bond motifs is 2. The van der Waals surface area contributed by atoms with Gasteiger partial charge < -0.3 is 10.1 Å². The van der Waals surface area contributed by atoms with Crippen LogP contribution < -0.4 is 5.32 Å². The molecule has 2 aromatic carbocycles. The van der Waals surface area contributed by atoms with Gasteiger partial charge in [-0.3, -0.25) is 9.69 Å². The van der Waals surface area contributed by atoms with E-state index in [0.717, 1.165) is 31.4 Å². The number of esters is 1. The molecule has 2 aliphatic rings. The first-order valence-corrected chi connectivity index (χ1v) is 11.1. The summed E-state index contributed by atoms with van der Waals surface area (Å²) < 4.78 is 5.19. The fraction of sp³-hybridized carbons (Fsp3) is 0.385. The molecule has 5 nitrogen and oxygen atoms in total. The molecule has 0 spiro atoms. The van der Waals surface area contributed by atoms with Gasteiger partial charge in [0.1, 0.15) is 0 Å². The fourth-order valence-corrected chi connectivity index (χ4v) is 4.93. The topological polar surface area (TPSA) is 58.6 Å². The van der Waals surface area contributed by atoms with Crippen molar-refractivity contribution in [2.24, 2.45) is 0 Å². The summed E-state index contributed by atoms with van der Waals surface area (Å²) in [6, 6.07) is 19.1. The molecule has 0 unspecified atom stereocenters. The third-order valence-electron chi connectivity index (χ3n) is 6.33. The zero-order valence-corrected chi connectivity index (χ0v) is 18.3. The van der Waals surface area contributed by atoms with E-state index in [1.54, 1.807) is 13.0 Å². The summed E-state index contributed by atoms with van der Waals surface area (Å²) in [6.45, 7) is 5.19. The van der Waals surface area contributed by atoms with Crippen LogP contribution in [-0.4, -0.2) is 42.0 Å². The van der Waals surface area contributed by atoms with Gasteiger partial charge >= 0.3 is 5.97 Å². The summed E-state index contributed by atoms with van der Waals surface area (Å²) >= 11 is 0. The average molecular weight is 419 g/mol. The molecule has 0 aliphatic carbocycles. The number of rotatable bonds is 7. The van der Waals surface area contributed by atoms with Crippen LogP contribution in [0.1, 0.15) is 54.6 Å². The van der Waals surface area contributed by atoms with E-state index in [2.05, 4.69) is 40.5 Å². The normalized spacial score (nSPS) is 20.6. The summed E-state index contributed by atoms with van der Waals surface area (Å²) in [5.41, 5.74) is 5.47. The number of carbonyl (C=O) groups excluding carboxylic acids is 2. The van der Waals surface area contributed by atoms with Crippen molar-refractivity contribution in [3.05, 3.63) is 76.9 Å². The van der Waals surface area contributed by atoms with Gasteiger partial charge in [0.25, 0.3) is 0 Å². The third kappa shape index (κ3) is 4.72. The molecular formula is C26H30N2O3. The van der Waals surface area contributed by atoms with Crippen LogP contribution in [-0.2, 0) is 16.1 Å². The zero-order chi connectivity index (χ0) is 21.8. The highest BCUT2D eigenvalue weighted by atomic mass is 16.5. The van der Waals surface area contributed by atoms with Crippen molar-refractivity contribution in [2.45, 2.75) is 51.7 Å². The predicted molar refractivity (Wildman–Crippen MR) is 121 cm³/mol. The van der Waals surface area contributed by atoms with Crippen molar-refractivity contribution in [1.29, 1.82) is 0 Å². The molecule has 162 valence electrons. The van der Waals surface area contributed by atoms with E-state index in [-0.39, 0.29) is 11.9 Å². The Kier molecular flexibility index (Phi) is 6.52. The molecule has 2 aromatic rings. The Labute approximate surface area is 184 Å². The minimum absolute atomic E-state index is 0.0261. The van der Waals surface area contributed by atoms with Crippen LogP contribution in [0.25, 0.3) is 5.57 Å². The molecule has 5 heteroatoms. The molecule has 0 saturated carbocycles. The first-order valence-electron chi connectivity index (χ1n) is 11.1. The maximum absolute atomic E-state index is 12.3. The van der Waals surface area contributed by atoms with Gasteiger partial charge in [-0.25, -0.2) is 4.79 Å². The van der Waals surface area contributed by atoms with E-state index in [4.69, 9.17) is 4.74 Å². The van der Waals surface area contributed by atoms with Gasteiger partial charge in [0.05, 0.1) is 12.2 Å². The minimum Gasteiger partial charge on any atom is -0.462 e. The quantitative estimate of drug-likeness (QED) is 0.685. The predicted octanol–water partition coefficient (Wildman–Crippen LogP) is 4.19. The van der Waals surface area contributed by atoms with E-state index in [1.165, 1.54) is 16.7 Å². The van der Waals surface area contributed by atoms with E-state index in [1.807, 2.05) is 25.1 Å². The second-order valence-electron chi connectivity index (χ2n) is 8.32. The standard InChI is InChI=1S/C26H30N2O3/c1-3-31-26(30)21-11-7-10-20(14-21)23-15-22-12-13-25(24(23)16-27-18(2)29)28(22)17-19-8-5-4-6-9-19/h4-11,14,22,25H,3,12-13,15-17H2,1-2H3,(H,27,29)/t22-,25+/m0/s1. The van der Waals surface area contributed by atoms with Crippen LogP contribution in [0.3, 0.4) is 0 Å². The lowest BCUT2D eigenvalue weighted by atomic mass is 9.87. The number of amides is 1. The van der Waals surface area contributed by atoms with Crippen molar-refractivity contribution in [2.75, 3.05) is 13.2 Å². The smallest absolute Gasteiger partial charge is 0.338 e. The van der Waals surface area contributed by atoms with Gasteiger partial charge in [0, 0.05) is 32.1 Å². The maximum atomic E-state index is 12.3. The van der Waals surface area contributed by atoms with Crippen molar-refractivity contribution < 1.29 is 14.3 Å². The first-order chi connectivity index (χ1) is 15.1. The molecule has 0 radical (unpaired) electrons. The summed E-state index contributed by atoms with van der Waals surface area (Å²) in [5.74, 6) is -0.320. The van der Waals surface area contributed by atoms with Crippen molar-refractivity contribution >= 4 is 17.4 Å². The van der Waals surface area contributed by atoms with Gasteiger partial charge in [0.15, 0.2) is 0 Å². The molecule has 1 amide bonds. The van der Waals surface area contributed by atoms with Gasteiger partial charge in [-0.1, -0.05) is 42.5 Å². The minimum atomic E-state index is -0.294. The molecule has 31 heavy (non-hydrogen) atoms. The second kappa shape index (κ2) is 9.48. The third-order valence-corrected chi connectivity index (χ3v) is 6.33. The molecular weight excluding hydrogens is 388 g/mol. The summed E-state index contributed by atoms with van der Waals surface area (Å²) in [5, 5.41) is 3.02. The monoisotopic (exact) mass is 418 g/mol. The van der Waals surface area contributed by atoms with E-state index in [0.29, 0.717) is 30.8 Å². The first kappa shape index (κ1) is 21.3. The lowest BCUT2D eigenvalue weighted by Crippen LogP contribution is -2.43. The lowest BCUT2D eigenvalue weighted by molar-refractivity contribution is -0.118. The van der Waals surface area contributed by atoms with Crippen LogP contribution in [0.2, 0.25) is 0 Å². The van der Waals surface area contributed by atoms with Crippen molar-refractivity contribution in [3.8, 4) is 0 Å². The lowest BCUT2D eigenvalue weighted by Gasteiger charge is -2.38. The molecule has 4 rings (SSSR count). The summed E-state index contributed by atoms with van der Waals surface area (Å²) in [4.78, 5) is 26.6. The van der Waals surface area contributed by atoms with Crippen LogP contribution in [0.4, 0.5) is 0 Å². The molecule has 1 N–H and O–H groups in total. The van der Waals surface area contributed by atoms with Gasteiger partial charge in [-0.15, -0.1) is 0 Å². The average Bonchev–Trinajstić information content (AvgIpc) is 3.05. The Morgan fingerprint density at radius 3 is 2.65 bits per heavy atom. The Balaban J connectivity index is 1.68. The molecule has 1 fully saturated rings. The Morgan fingerprint density at radius 1 is 1.10 bits per heavy atom. The summed E-state index contributed by atoms with van der Waals surface area (Å²) in [7, 11) is 0. The Morgan fingerprint density at radius 2 is 1.90 bits per heavy atom. The second-order valence-corrected chi connectivity index (χ2v) is 8.32. The van der Waals surface area contributed by atoms with Crippen LogP contribution in [0.15, 0.2) is 60.2 Å². The Hall–Kier alpha value is -2.92. The molecule has 2 heterocycles. The van der Waals surface area contributed by atoms with Crippen LogP contribution in [0.5, 0.6) is 0 Å². The number of nitrogens with one attached hydrogen (secondary N) is 1. The number of hydrogen-bond acceptors (Lipinski definition) is 4. The van der Waals surface area contributed by atoms with Crippen LogP contribution in [0, 0.1) is 0 Å². The number of hydrogen-bond donors (Lipinski definition) is 1. The van der Waals surface area contributed by atoms with Crippen LogP contribution >= 0.6 is 0 Å². The zero-order valence-electron chi connectivity index (χ0n) is 18.3. The molecule has 2 aliphatic heterocycles. The highest BCUT2D eigenvalue weighted by molar-refractivity contribution is 5.91. The van der Waals surface area contributed by atoms with Crippen molar-refractivity contribution in [3.63, 3.8) is 0 Å². The van der Waals surface area contributed by atoms with E-state index < -0.39 is 0 Å². The van der Waals surface area contributed by atoms with Crippen molar-refractivity contribution in [1.82, 2.24) is 10.2 Å². The number of ether oxygens (including phenoxy) is 1. The number of nitrogens with zero attached hydrogens (tertiary/aromatic N) is 1. The molecule has 0 aromatic heterocycles. The fourth-order valence-electron chi connectivity index (χ4n) is 4.93.